The zero-order valence-corrected chi connectivity index (χ0v) is 8.85. The molecule has 0 aliphatic heterocycles. The van der Waals surface area contributed by atoms with Gasteiger partial charge in [-0.3, -0.25) is 4.79 Å². The summed E-state index contributed by atoms with van der Waals surface area (Å²) in [6, 6.07) is 1.82. The molecule has 13 heavy (non-hydrogen) atoms. The van der Waals surface area contributed by atoms with Crippen LogP contribution in [0.15, 0.2) is 10.6 Å². The van der Waals surface area contributed by atoms with E-state index in [1.165, 1.54) is 4.90 Å². The van der Waals surface area contributed by atoms with E-state index in [9.17, 15) is 4.79 Å². The molecule has 0 aliphatic carbocycles. The number of likely N-dealkylation sites (N-methyl/N-ethyl adjacent to an activating group) is 1. The summed E-state index contributed by atoms with van der Waals surface area (Å²) in [6.45, 7) is 2.50. The molecule has 0 aromatic rings. The van der Waals surface area contributed by atoms with E-state index in [4.69, 9.17) is 5.26 Å². The quantitative estimate of drug-likeness (QED) is 0.392. The molecule has 0 fully saturated rings. The number of hydrogen-bond acceptors (Lipinski definition) is 4. The molecule has 0 saturated carbocycles. The highest BCUT2D eigenvalue weighted by Crippen LogP contribution is 2.06. The van der Waals surface area contributed by atoms with Crippen LogP contribution < -0.4 is 5.32 Å². The minimum atomic E-state index is -0.339. The first-order valence-corrected chi connectivity index (χ1v) is 4.28. The first-order chi connectivity index (χ1) is 6.04. The van der Waals surface area contributed by atoms with Crippen LogP contribution in [-0.2, 0) is 4.79 Å². The van der Waals surface area contributed by atoms with Crippen molar-refractivity contribution in [2.45, 2.75) is 6.92 Å². The van der Waals surface area contributed by atoms with Gasteiger partial charge in [-0.05, 0) is 6.92 Å². The Hall–Kier alpha value is -1.15. The lowest BCUT2D eigenvalue weighted by atomic mass is 10.3. The van der Waals surface area contributed by atoms with Crippen LogP contribution in [0.4, 0.5) is 0 Å². The lowest BCUT2D eigenvalue weighted by molar-refractivity contribution is -0.124. The van der Waals surface area contributed by atoms with E-state index < -0.39 is 0 Å². The Labute approximate surface area is 83.6 Å². The van der Waals surface area contributed by atoms with E-state index in [-0.39, 0.29) is 11.5 Å². The van der Waals surface area contributed by atoms with Gasteiger partial charge in [0.25, 0.3) is 5.91 Å². The molecule has 5 heteroatoms. The number of nitrogens with zero attached hydrogens (tertiary/aromatic N) is 2. The Morgan fingerprint density at radius 1 is 1.62 bits per heavy atom. The Bertz CT molecular complexity index is 265. The number of thiol groups is 1. The fraction of sp³-hybridized carbons (Fsp3) is 0.500. The van der Waals surface area contributed by atoms with Gasteiger partial charge in [0, 0.05) is 20.6 Å². The van der Waals surface area contributed by atoms with Crippen molar-refractivity contribution < 1.29 is 4.79 Å². The largest absolute Gasteiger partial charge is 0.379 e. The number of hydrogen-bond donors (Lipinski definition) is 2. The first kappa shape index (κ1) is 11.8. The molecular weight excluding hydrogens is 186 g/mol. The summed E-state index contributed by atoms with van der Waals surface area (Å²) in [5, 5.41) is 11.8. The summed E-state index contributed by atoms with van der Waals surface area (Å²) in [7, 11) is 3.18. The van der Waals surface area contributed by atoms with Crippen LogP contribution in [-0.4, -0.2) is 31.4 Å². The second kappa shape index (κ2) is 5.49. The second-order valence-electron chi connectivity index (χ2n) is 2.57. The predicted octanol–water partition coefficient (Wildman–Crippen LogP) is 0.349. The number of carbonyl (C=O) groups is 1. The van der Waals surface area contributed by atoms with Crippen LogP contribution in [0.3, 0.4) is 0 Å². The van der Waals surface area contributed by atoms with Crippen molar-refractivity contribution >= 4 is 18.5 Å². The Morgan fingerprint density at radius 3 is 2.46 bits per heavy atom. The molecule has 4 nitrogen and oxygen atoms in total. The van der Waals surface area contributed by atoms with Crippen molar-refractivity contribution in [3.8, 4) is 6.07 Å². The molecule has 0 unspecified atom stereocenters. The Balaban J connectivity index is 4.80. The van der Waals surface area contributed by atoms with Crippen LogP contribution in [0.2, 0.25) is 0 Å². The third-order valence-electron chi connectivity index (χ3n) is 1.31. The fourth-order valence-electron chi connectivity index (χ4n) is 0.682. The summed E-state index contributed by atoms with van der Waals surface area (Å²) in [6.07, 6.45) is 0. The molecule has 0 heterocycles. The van der Waals surface area contributed by atoms with Crippen LogP contribution in [0, 0.1) is 11.3 Å². The van der Waals surface area contributed by atoms with Gasteiger partial charge < -0.3 is 10.2 Å². The van der Waals surface area contributed by atoms with Crippen molar-refractivity contribution in [2.75, 3.05) is 20.6 Å². The normalized spacial score (nSPS) is 11.3. The standard InChI is InChI=1S/C8H13N3OS/c1-4-10-7(13)6(5-9)8(12)11(2)3/h10,13H,4H2,1-3H3/b7-6+. The summed E-state index contributed by atoms with van der Waals surface area (Å²) in [4.78, 5) is 12.7. The molecule has 0 rings (SSSR count). The van der Waals surface area contributed by atoms with Gasteiger partial charge in [0.15, 0.2) is 0 Å². The lowest BCUT2D eigenvalue weighted by Gasteiger charge is -2.11. The molecule has 1 N–H and O–H groups in total. The molecule has 0 aromatic heterocycles. The molecule has 0 bridgehead atoms. The Kier molecular flexibility index (Phi) is 5.00. The number of rotatable bonds is 3. The van der Waals surface area contributed by atoms with E-state index >= 15 is 0 Å². The third-order valence-corrected chi connectivity index (χ3v) is 1.69. The highest BCUT2D eigenvalue weighted by molar-refractivity contribution is 7.84. The van der Waals surface area contributed by atoms with Gasteiger partial charge in [-0.25, -0.2) is 0 Å². The molecule has 0 atom stereocenters. The fourth-order valence-corrected chi connectivity index (χ4v) is 0.985. The second-order valence-corrected chi connectivity index (χ2v) is 3.01. The summed E-state index contributed by atoms with van der Waals surface area (Å²) in [5.74, 6) is -0.339. The van der Waals surface area contributed by atoms with Crippen LogP contribution >= 0.6 is 12.6 Å². The zero-order valence-electron chi connectivity index (χ0n) is 7.96. The number of nitriles is 1. The molecule has 0 radical (unpaired) electrons. The summed E-state index contributed by atoms with van der Waals surface area (Å²) < 4.78 is 0. The molecular formula is C8H13N3OS. The van der Waals surface area contributed by atoms with Crippen molar-refractivity contribution in [2.24, 2.45) is 0 Å². The van der Waals surface area contributed by atoms with E-state index in [2.05, 4.69) is 17.9 Å². The molecule has 0 spiro atoms. The van der Waals surface area contributed by atoms with Gasteiger partial charge in [0.05, 0.1) is 5.03 Å². The molecule has 0 saturated heterocycles. The molecule has 72 valence electrons. The topological polar surface area (TPSA) is 56.1 Å². The van der Waals surface area contributed by atoms with Crippen LogP contribution in [0.1, 0.15) is 6.92 Å². The van der Waals surface area contributed by atoms with Crippen molar-refractivity contribution in [3.63, 3.8) is 0 Å². The number of nitrogens with one attached hydrogen (secondary N) is 1. The summed E-state index contributed by atoms with van der Waals surface area (Å²) in [5.41, 5.74) is 0.0372. The van der Waals surface area contributed by atoms with Gasteiger partial charge in [0.1, 0.15) is 11.6 Å². The maximum Gasteiger partial charge on any atom is 0.266 e. The van der Waals surface area contributed by atoms with E-state index in [1.807, 2.05) is 13.0 Å². The average molecular weight is 199 g/mol. The molecule has 0 aromatic carbocycles. The highest BCUT2D eigenvalue weighted by Gasteiger charge is 2.14. The third kappa shape index (κ3) is 3.38. The van der Waals surface area contributed by atoms with Gasteiger partial charge >= 0.3 is 0 Å². The van der Waals surface area contributed by atoms with Gasteiger partial charge in [0.2, 0.25) is 0 Å². The number of carbonyl (C=O) groups excluding carboxylic acids is 1. The van der Waals surface area contributed by atoms with Crippen LogP contribution in [0.25, 0.3) is 0 Å². The predicted molar refractivity (Wildman–Crippen MR) is 54.0 cm³/mol. The average Bonchev–Trinajstić information content (AvgIpc) is 2.05. The smallest absolute Gasteiger partial charge is 0.266 e. The van der Waals surface area contributed by atoms with E-state index in [0.29, 0.717) is 11.6 Å². The SMILES string of the molecule is CCN/C(S)=C(/C#N)C(=O)N(C)C. The monoisotopic (exact) mass is 199 g/mol. The van der Waals surface area contributed by atoms with E-state index in [1.54, 1.807) is 14.1 Å². The first-order valence-electron chi connectivity index (χ1n) is 3.83. The minimum absolute atomic E-state index is 0.0372. The zero-order chi connectivity index (χ0) is 10.4. The van der Waals surface area contributed by atoms with Crippen molar-refractivity contribution in [1.82, 2.24) is 10.2 Å². The van der Waals surface area contributed by atoms with Crippen molar-refractivity contribution in [1.29, 1.82) is 5.26 Å². The van der Waals surface area contributed by atoms with E-state index in [0.717, 1.165) is 0 Å². The minimum Gasteiger partial charge on any atom is -0.379 e. The Morgan fingerprint density at radius 2 is 2.15 bits per heavy atom. The maximum absolute atomic E-state index is 11.3. The van der Waals surface area contributed by atoms with Gasteiger partial charge in [-0.1, -0.05) is 0 Å². The lowest BCUT2D eigenvalue weighted by Crippen LogP contribution is -2.25. The van der Waals surface area contributed by atoms with Gasteiger partial charge in [-0.15, -0.1) is 12.6 Å². The van der Waals surface area contributed by atoms with Crippen molar-refractivity contribution in [3.05, 3.63) is 10.6 Å². The molecule has 0 aliphatic rings. The number of amides is 1. The molecule has 1 amide bonds. The van der Waals surface area contributed by atoms with Crippen LogP contribution in [0.5, 0.6) is 0 Å². The van der Waals surface area contributed by atoms with Gasteiger partial charge in [-0.2, -0.15) is 5.26 Å². The maximum atomic E-state index is 11.3. The highest BCUT2D eigenvalue weighted by atomic mass is 32.1. The summed E-state index contributed by atoms with van der Waals surface area (Å²) >= 11 is 4.02.